The molecule has 0 heterocycles. The molecule has 0 saturated heterocycles. The highest BCUT2D eigenvalue weighted by atomic mass is 35.5. The Morgan fingerprint density at radius 1 is 1.10 bits per heavy atom. The molecule has 0 aromatic rings. The summed E-state index contributed by atoms with van der Waals surface area (Å²) in [5.74, 6) is -0.884. The molecular formula is C14H22Cl2FNO3. The van der Waals surface area contributed by atoms with Gasteiger partial charge in [0.05, 0.1) is 35.0 Å². The molecule has 2 aliphatic rings. The molecule has 122 valence electrons. The molecule has 0 aromatic heterocycles. The van der Waals surface area contributed by atoms with Gasteiger partial charge in [0.2, 0.25) is 5.91 Å². The number of methoxy groups -OCH3 is 1. The average molecular weight is 342 g/mol. The SMILES string of the molecule is COC1CC(F)CCC1OC1CC(Cl)C(Cl)CC1C(N)=O. The van der Waals surface area contributed by atoms with Crippen molar-refractivity contribution in [3.8, 4) is 0 Å². The van der Waals surface area contributed by atoms with E-state index in [1.165, 1.54) is 0 Å². The van der Waals surface area contributed by atoms with Crippen LogP contribution in [0.3, 0.4) is 0 Å². The van der Waals surface area contributed by atoms with Crippen LogP contribution in [0.2, 0.25) is 0 Å². The summed E-state index contributed by atoms with van der Waals surface area (Å²) >= 11 is 12.3. The molecule has 21 heavy (non-hydrogen) atoms. The maximum atomic E-state index is 13.4. The van der Waals surface area contributed by atoms with Crippen LogP contribution < -0.4 is 5.73 Å². The minimum Gasteiger partial charge on any atom is -0.379 e. The summed E-state index contributed by atoms with van der Waals surface area (Å²) < 4.78 is 24.8. The van der Waals surface area contributed by atoms with Gasteiger partial charge in [-0.05, 0) is 25.7 Å². The minimum atomic E-state index is -0.860. The van der Waals surface area contributed by atoms with Gasteiger partial charge in [-0.2, -0.15) is 0 Å². The van der Waals surface area contributed by atoms with Crippen molar-refractivity contribution in [2.75, 3.05) is 7.11 Å². The van der Waals surface area contributed by atoms with Crippen molar-refractivity contribution in [3.05, 3.63) is 0 Å². The molecule has 0 aromatic carbocycles. The van der Waals surface area contributed by atoms with Gasteiger partial charge in [-0.3, -0.25) is 4.79 Å². The van der Waals surface area contributed by atoms with Crippen molar-refractivity contribution >= 4 is 29.1 Å². The zero-order valence-corrected chi connectivity index (χ0v) is 13.5. The molecule has 7 heteroatoms. The van der Waals surface area contributed by atoms with Crippen molar-refractivity contribution in [1.82, 2.24) is 0 Å². The Hall–Kier alpha value is -0.100. The van der Waals surface area contributed by atoms with Gasteiger partial charge < -0.3 is 15.2 Å². The van der Waals surface area contributed by atoms with Crippen LogP contribution in [0.1, 0.15) is 32.1 Å². The zero-order valence-electron chi connectivity index (χ0n) is 12.0. The third kappa shape index (κ3) is 4.21. The lowest BCUT2D eigenvalue weighted by molar-refractivity contribution is -0.150. The van der Waals surface area contributed by atoms with Crippen molar-refractivity contribution in [1.29, 1.82) is 0 Å². The van der Waals surface area contributed by atoms with Crippen molar-refractivity contribution < 1.29 is 18.7 Å². The molecule has 4 nitrogen and oxygen atoms in total. The second-order valence-corrected chi connectivity index (χ2v) is 7.03. The van der Waals surface area contributed by atoms with E-state index in [4.69, 9.17) is 38.4 Å². The molecule has 2 rings (SSSR count). The number of nitrogens with two attached hydrogens (primary N) is 1. The van der Waals surface area contributed by atoms with Gasteiger partial charge in [-0.15, -0.1) is 23.2 Å². The lowest BCUT2D eigenvalue weighted by Crippen LogP contribution is -2.49. The molecule has 1 amide bonds. The van der Waals surface area contributed by atoms with E-state index in [1.807, 2.05) is 0 Å². The summed E-state index contributed by atoms with van der Waals surface area (Å²) in [6.45, 7) is 0. The van der Waals surface area contributed by atoms with Crippen LogP contribution in [0.4, 0.5) is 4.39 Å². The first-order valence-electron chi connectivity index (χ1n) is 7.32. The Bertz CT molecular complexity index is 374. The summed E-state index contributed by atoms with van der Waals surface area (Å²) in [7, 11) is 1.55. The smallest absolute Gasteiger partial charge is 0.223 e. The molecule has 7 unspecified atom stereocenters. The first-order chi connectivity index (χ1) is 9.92. The highest BCUT2D eigenvalue weighted by Crippen LogP contribution is 2.36. The number of carbonyl (C=O) groups is 1. The predicted octanol–water partition coefficient (Wildman–Crippen LogP) is 2.39. The molecule has 7 atom stereocenters. The van der Waals surface area contributed by atoms with Crippen molar-refractivity contribution in [2.45, 2.75) is 67.3 Å². The first kappa shape index (κ1) is 17.3. The van der Waals surface area contributed by atoms with Crippen LogP contribution in [-0.2, 0) is 14.3 Å². The molecule has 0 bridgehead atoms. The van der Waals surface area contributed by atoms with E-state index in [9.17, 15) is 9.18 Å². The van der Waals surface area contributed by atoms with Gasteiger partial charge in [-0.1, -0.05) is 0 Å². The molecular weight excluding hydrogens is 320 g/mol. The van der Waals surface area contributed by atoms with Crippen molar-refractivity contribution in [2.24, 2.45) is 11.7 Å². The number of ether oxygens (including phenoxy) is 2. The minimum absolute atomic E-state index is 0.232. The quantitative estimate of drug-likeness (QED) is 0.798. The average Bonchev–Trinajstić information content (AvgIpc) is 2.44. The fraction of sp³-hybridized carbons (Fsp3) is 0.929. The Morgan fingerprint density at radius 3 is 2.38 bits per heavy atom. The third-order valence-corrected chi connectivity index (χ3v) is 5.56. The van der Waals surface area contributed by atoms with Gasteiger partial charge in [0.15, 0.2) is 0 Å². The lowest BCUT2D eigenvalue weighted by atomic mass is 9.84. The summed E-state index contributed by atoms with van der Waals surface area (Å²) in [5.41, 5.74) is 5.45. The second kappa shape index (κ2) is 7.44. The fourth-order valence-electron chi connectivity index (χ4n) is 3.21. The Kier molecular flexibility index (Phi) is 6.12. The van der Waals surface area contributed by atoms with E-state index in [0.29, 0.717) is 32.1 Å². The Labute approximate surface area is 134 Å². The van der Waals surface area contributed by atoms with Gasteiger partial charge in [0.25, 0.3) is 0 Å². The maximum absolute atomic E-state index is 13.4. The Balaban J connectivity index is 2.03. The molecule has 0 aliphatic heterocycles. The number of primary amides is 1. The van der Waals surface area contributed by atoms with E-state index in [2.05, 4.69) is 0 Å². The second-order valence-electron chi connectivity index (χ2n) is 5.91. The highest BCUT2D eigenvalue weighted by molar-refractivity contribution is 6.30. The van der Waals surface area contributed by atoms with Gasteiger partial charge in [0, 0.05) is 13.5 Å². The number of carbonyl (C=O) groups excluding carboxylic acids is 1. The number of halogens is 3. The zero-order chi connectivity index (χ0) is 15.6. The van der Waals surface area contributed by atoms with Gasteiger partial charge in [0.1, 0.15) is 6.17 Å². The molecule has 2 saturated carbocycles. The molecule has 2 fully saturated rings. The first-order valence-corrected chi connectivity index (χ1v) is 8.19. The molecule has 0 spiro atoms. The fourth-order valence-corrected chi connectivity index (χ4v) is 3.78. The summed E-state index contributed by atoms with van der Waals surface area (Å²) in [5, 5.41) is -0.547. The number of hydrogen-bond donors (Lipinski definition) is 1. The van der Waals surface area contributed by atoms with Gasteiger partial charge in [-0.25, -0.2) is 4.39 Å². The van der Waals surface area contributed by atoms with E-state index < -0.39 is 18.0 Å². The van der Waals surface area contributed by atoms with Crippen LogP contribution in [-0.4, -0.2) is 48.3 Å². The Morgan fingerprint density at radius 2 is 1.76 bits per heavy atom. The van der Waals surface area contributed by atoms with E-state index in [1.54, 1.807) is 7.11 Å². The lowest BCUT2D eigenvalue weighted by Gasteiger charge is -2.40. The molecule has 0 radical (unpaired) electrons. The van der Waals surface area contributed by atoms with E-state index in [-0.39, 0.29) is 29.1 Å². The monoisotopic (exact) mass is 341 g/mol. The third-order valence-electron chi connectivity index (χ3n) is 4.46. The summed E-state index contributed by atoms with van der Waals surface area (Å²) in [6.07, 6.45) is 0.438. The molecule has 2 N–H and O–H groups in total. The molecule has 2 aliphatic carbocycles. The number of hydrogen-bond acceptors (Lipinski definition) is 3. The van der Waals surface area contributed by atoms with E-state index in [0.717, 1.165) is 0 Å². The van der Waals surface area contributed by atoms with Gasteiger partial charge >= 0.3 is 0 Å². The van der Waals surface area contributed by atoms with Crippen molar-refractivity contribution in [3.63, 3.8) is 0 Å². The largest absolute Gasteiger partial charge is 0.379 e. The standard InChI is InChI=1S/C14H22Cl2FNO3/c1-20-13-4-7(17)2-3-11(13)21-12-6-10(16)9(15)5-8(12)14(18)19/h7-13H,2-6H2,1H3,(H2,18,19). The number of amides is 1. The predicted molar refractivity (Wildman–Crippen MR) is 79.4 cm³/mol. The van der Waals surface area contributed by atoms with E-state index >= 15 is 0 Å². The topological polar surface area (TPSA) is 61.6 Å². The maximum Gasteiger partial charge on any atom is 0.223 e. The van der Waals surface area contributed by atoms with Crippen LogP contribution in [0.25, 0.3) is 0 Å². The van der Waals surface area contributed by atoms with Crippen LogP contribution >= 0.6 is 23.2 Å². The summed E-state index contributed by atoms with van der Waals surface area (Å²) in [6, 6.07) is 0. The highest BCUT2D eigenvalue weighted by Gasteiger charge is 2.42. The van der Waals surface area contributed by atoms with Crippen LogP contribution in [0.15, 0.2) is 0 Å². The normalized spacial score (nSPS) is 44.5. The van der Waals surface area contributed by atoms with Crippen LogP contribution in [0.5, 0.6) is 0 Å². The number of rotatable bonds is 4. The summed E-state index contributed by atoms with van der Waals surface area (Å²) in [4.78, 5) is 11.6. The van der Waals surface area contributed by atoms with Crippen LogP contribution in [0, 0.1) is 5.92 Å². The number of alkyl halides is 3.